The van der Waals surface area contributed by atoms with Gasteiger partial charge in [-0.1, -0.05) is 90.1 Å². The van der Waals surface area contributed by atoms with Crippen LogP contribution in [-0.4, -0.2) is 39.8 Å². The molecule has 5 aromatic rings. The Kier molecular flexibility index (Phi) is 8.06. The average molecular weight is 628 g/mol. The Morgan fingerprint density at radius 1 is 0.978 bits per heavy atom. The lowest BCUT2D eigenvalue weighted by Gasteiger charge is -2.28. The van der Waals surface area contributed by atoms with Gasteiger partial charge in [0.1, 0.15) is 6.10 Å². The van der Waals surface area contributed by atoms with Gasteiger partial charge in [-0.2, -0.15) is 13.2 Å². The first-order valence-corrected chi connectivity index (χ1v) is 14.9. The van der Waals surface area contributed by atoms with Crippen LogP contribution in [0.1, 0.15) is 53.1 Å². The van der Waals surface area contributed by atoms with E-state index in [1.807, 2.05) is 106 Å². The van der Waals surface area contributed by atoms with E-state index in [1.54, 1.807) is 4.90 Å². The van der Waals surface area contributed by atoms with Gasteiger partial charge in [0.2, 0.25) is 0 Å². The minimum atomic E-state index is -4.58. The van der Waals surface area contributed by atoms with E-state index < -0.39 is 29.2 Å². The number of aromatic amines is 1. The maximum Gasteiger partial charge on any atom is 0.448 e. The molecule has 0 fully saturated rings. The predicted octanol–water partition coefficient (Wildman–Crippen LogP) is 7.69. The van der Waals surface area contributed by atoms with E-state index in [9.17, 15) is 22.8 Å². The molecule has 0 spiro atoms. The van der Waals surface area contributed by atoms with E-state index in [2.05, 4.69) is 10.1 Å². The van der Waals surface area contributed by atoms with E-state index in [1.165, 1.54) is 0 Å². The largest absolute Gasteiger partial charge is 0.484 e. The molecule has 1 amide bonds. The lowest BCUT2D eigenvalue weighted by molar-refractivity contribution is -0.134. The highest BCUT2D eigenvalue weighted by Gasteiger charge is 2.40. The summed E-state index contributed by atoms with van der Waals surface area (Å²) in [6, 6.07) is 27.0. The van der Waals surface area contributed by atoms with Crippen molar-refractivity contribution in [3.63, 3.8) is 0 Å². The summed E-state index contributed by atoms with van der Waals surface area (Å²) in [5, 5.41) is 5.56. The minimum Gasteiger partial charge on any atom is -0.484 e. The number of nitrogens with zero attached hydrogens (tertiary/aromatic N) is 2. The molecule has 1 aromatic heterocycles. The Hall–Kier alpha value is -5.12. The second-order valence-electron chi connectivity index (χ2n) is 12.1. The average Bonchev–Trinajstić information content (AvgIpc) is 3.71. The van der Waals surface area contributed by atoms with Crippen LogP contribution in [0.2, 0.25) is 0 Å². The van der Waals surface area contributed by atoms with Crippen molar-refractivity contribution in [3.05, 3.63) is 135 Å². The molecule has 1 aliphatic rings. The molecule has 236 valence electrons. The van der Waals surface area contributed by atoms with Crippen LogP contribution in [0.4, 0.5) is 13.2 Å². The van der Waals surface area contributed by atoms with E-state index >= 15 is 0 Å². The highest BCUT2D eigenvalue weighted by Crippen LogP contribution is 2.34. The first-order valence-electron chi connectivity index (χ1n) is 14.9. The number of nitrogens with one attached hydrogen (secondary N) is 1. The number of halogens is 3. The number of ether oxygens (including phenoxy) is 1. The number of hydrogen-bond acceptors (Lipinski definition) is 5. The third kappa shape index (κ3) is 6.20. The summed E-state index contributed by atoms with van der Waals surface area (Å²) >= 11 is 0. The maximum absolute atomic E-state index is 14.2. The lowest BCUT2D eigenvalue weighted by Crippen LogP contribution is -2.38. The van der Waals surface area contributed by atoms with Crippen LogP contribution in [-0.2, 0) is 16.7 Å². The lowest BCUT2D eigenvalue weighted by atomic mass is 9.82. The van der Waals surface area contributed by atoms with Crippen LogP contribution in [0.5, 0.6) is 0 Å². The van der Waals surface area contributed by atoms with Crippen LogP contribution in [0.3, 0.4) is 0 Å². The molecule has 46 heavy (non-hydrogen) atoms. The molecule has 0 saturated carbocycles. The van der Waals surface area contributed by atoms with Crippen molar-refractivity contribution in [2.24, 2.45) is 0 Å². The quantitative estimate of drug-likeness (QED) is 0.191. The summed E-state index contributed by atoms with van der Waals surface area (Å²) in [6.45, 7) is 5.90. The minimum absolute atomic E-state index is 0.0133. The zero-order valence-electron chi connectivity index (χ0n) is 25.5. The fourth-order valence-corrected chi connectivity index (χ4v) is 5.84. The Morgan fingerprint density at radius 2 is 1.74 bits per heavy atom. The Bertz CT molecular complexity index is 1990. The van der Waals surface area contributed by atoms with E-state index in [-0.39, 0.29) is 25.4 Å². The molecule has 0 radical (unpaired) electrons. The number of aryl methyl sites for hydroxylation is 1. The predicted molar refractivity (Wildman–Crippen MR) is 168 cm³/mol. The van der Waals surface area contributed by atoms with Gasteiger partial charge in [-0.05, 0) is 65.4 Å². The SMILES string of the molecule is Cc1ccc2ccccc2c1C(=O)N(Cc1ccc(-c2cccc(C(C)(C)c3noc(=O)[nH]3)c2)cc1)CC1CC=C(C(F)(F)F)O1. The number of alkyl halides is 3. The number of rotatable bonds is 8. The summed E-state index contributed by atoms with van der Waals surface area (Å²) in [5.41, 5.74) is 4.28. The third-order valence-electron chi connectivity index (χ3n) is 8.48. The smallest absolute Gasteiger partial charge is 0.448 e. The van der Waals surface area contributed by atoms with Gasteiger partial charge in [-0.3, -0.25) is 14.3 Å². The van der Waals surface area contributed by atoms with Crippen molar-refractivity contribution in [1.29, 1.82) is 0 Å². The number of carbonyl (C=O) groups is 1. The summed E-state index contributed by atoms with van der Waals surface area (Å²) in [4.78, 5) is 29.9. The summed E-state index contributed by atoms with van der Waals surface area (Å²) in [6.07, 6.45) is -4.30. The highest BCUT2D eigenvalue weighted by molar-refractivity contribution is 6.08. The molecule has 7 nitrogen and oxygen atoms in total. The number of aromatic nitrogens is 2. The number of amides is 1. The molecule has 0 saturated heterocycles. The number of hydrogen-bond donors (Lipinski definition) is 1. The second-order valence-corrected chi connectivity index (χ2v) is 12.1. The van der Waals surface area contributed by atoms with Crippen molar-refractivity contribution < 1.29 is 27.2 Å². The summed E-state index contributed by atoms with van der Waals surface area (Å²) in [7, 11) is 0. The number of allylic oxidation sites excluding steroid dienone is 1. The molecule has 0 bridgehead atoms. The van der Waals surface area contributed by atoms with Crippen LogP contribution < -0.4 is 5.76 Å². The standard InChI is InChI=1S/C36H32F3N3O4/c1-22-11-14-25-7-4-5-10-29(25)31(22)32(43)42(21-28-17-18-30(45-28)36(37,38)39)20-23-12-15-24(16-13-23)26-8-6-9-27(19-26)35(2,3)33-40-34(44)46-41-33/h4-16,18-19,28H,17,20-21H2,1-3H3,(H,40,41,44). The van der Waals surface area contributed by atoms with Gasteiger partial charge in [0.25, 0.3) is 5.91 Å². The molecule has 4 aromatic carbocycles. The van der Waals surface area contributed by atoms with E-state index in [0.29, 0.717) is 11.4 Å². The molecular weight excluding hydrogens is 595 g/mol. The molecule has 1 unspecified atom stereocenters. The van der Waals surface area contributed by atoms with Crippen LogP contribution in [0.25, 0.3) is 21.9 Å². The zero-order chi connectivity index (χ0) is 32.6. The van der Waals surface area contributed by atoms with Crippen LogP contribution >= 0.6 is 0 Å². The number of fused-ring (bicyclic) bond motifs is 1. The van der Waals surface area contributed by atoms with Gasteiger partial charge in [0.05, 0.1) is 17.5 Å². The fraction of sp³-hybridized carbons (Fsp3) is 0.250. The van der Waals surface area contributed by atoms with Crippen molar-refractivity contribution in [2.75, 3.05) is 6.54 Å². The van der Waals surface area contributed by atoms with Gasteiger partial charge < -0.3 is 9.64 Å². The normalized spacial score (nSPS) is 15.1. The van der Waals surface area contributed by atoms with E-state index in [0.717, 1.165) is 44.7 Å². The summed E-state index contributed by atoms with van der Waals surface area (Å²) in [5.74, 6) is -1.49. The molecule has 0 aliphatic carbocycles. The zero-order valence-corrected chi connectivity index (χ0v) is 25.5. The Balaban J connectivity index is 1.28. The van der Waals surface area contributed by atoms with Crippen molar-refractivity contribution in [1.82, 2.24) is 15.0 Å². The third-order valence-corrected chi connectivity index (χ3v) is 8.48. The van der Waals surface area contributed by atoms with Crippen molar-refractivity contribution >= 4 is 16.7 Å². The maximum atomic E-state index is 14.2. The molecule has 1 N–H and O–H groups in total. The number of H-pyrrole nitrogens is 1. The molecule has 1 atom stereocenters. The van der Waals surface area contributed by atoms with Crippen molar-refractivity contribution in [3.8, 4) is 11.1 Å². The van der Waals surface area contributed by atoms with Crippen LogP contribution in [0, 0.1) is 6.92 Å². The van der Waals surface area contributed by atoms with Gasteiger partial charge in [-0.15, -0.1) is 0 Å². The van der Waals surface area contributed by atoms with Gasteiger partial charge in [-0.25, -0.2) is 4.79 Å². The Morgan fingerprint density at radius 3 is 2.43 bits per heavy atom. The number of carbonyl (C=O) groups excluding carboxylic acids is 1. The van der Waals surface area contributed by atoms with Crippen molar-refractivity contribution in [2.45, 2.75) is 51.4 Å². The number of benzene rings is 4. The molecule has 6 rings (SSSR count). The van der Waals surface area contributed by atoms with E-state index in [4.69, 9.17) is 9.26 Å². The topological polar surface area (TPSA) is 88.4 Å². The highest BCUT2D eigenvalue weighted by atomic mass is 19.4. The first-order chi connectivity index (χ1) is 21.9. The van der Waals surface area contributed by atoms with Gasteiger partial charge >= 0.3 is 11.9 Å². The molecule has 10 heteroatoms. The van der Waals surface area contributed by atoms with Crippen LogP contribution in [0.15, 0.2) is 106 Å². The Labute approximate surface area is 263 Å². The molecule has 1 aliphatic heterocycles. The summed E-state index contributed by atoms with van der Waals surface area (Å²) < 4.78 is 50.0. The molecular formula is C36H32F3N3O4. The fourth-order valence-electron chi connectivity index (χ4n) is 5.84. The van der Waals surface area contributed by atoms with Gasteiger partial charge in [0, 0.05) is 13.0 Å². The molecule has 2 heterocycles. The second kappa shape index (κ2) is 12.0. The van der Waals surface area contributed by atoms with Gasteiger partial charge in [0.15, 0.2) is 11.6 Å². The first kappa shape index (κ1) is 30.9. The monoisotopic (exact) mass is 627 g/mol.